The number of hydrogen-bond acceptors (Lipinski definition) is 3. The van der Waals surface area contributed by atoms with Gasteiger partial charge in [0.05, 0.1) is 0 Å². The molecule has 0 unspecified atom stereocenters. The normalized spacial score (nSPS) is 9.60. The fraction of sp³-hybridized carbons (Fsp3) is 0. The first-order chi connectivity index (χ1) is 2.41. The molecule has 0 aromatic carbocycles. The summed E-state index contributed by atoms with van der Waals surface area (Å²) in [7, 11) is 1.15. The Labute approximate surface area is 36.2 Å². The van der Waals surface area contributed by atoms with Crippen molar-refractivity contribution in [1.82, 2.24) is 0 Å². The molecule has 0 atom stereocenters. The average Bonchev–Trinajstić information content (AvgIpc) is 1.41. The Morgan fingerprint density at radius 3 is 1.40 bits per heavy atom. The number of hydrogen-bond donors (Lipinski definition) is 0. The van der Waals surface area contributed by atoms with Crippen molar-refractivity contribution in [2.24, 2.45) is 0 Å². The Morgan fingerprint density at radius 2 is 1.40 bits per heavy atom. The lowest BCUT2D eigenvalue weighted by atomic mass is 14.5. The molecular formula is H6O3Si2. The van der Waals surface area contributed by atoms with Crippen molar-refractivity contribution >= 4 is 21.0 Å². The van der Waals surface area contributed by atoms with Gasteiger partial charge in [-0.1, -0.05) is 5.04 Å². The Hall–Kier alpha value is 0.314. The largest absolute Gasteiger partial charge is 0.270 e. The molecule has 0 aliphatic heterocycles. The van der Waals surface area contributed by atoms with Crippen LogP contribution < -0.4 is 0 Å². The van der Waals surface area contributed by atoms with Crippen molar-refractivity contribution in [1.29, 1.82) is 0 Å². The van der Waals surface area contributed by atoms with Gasteiger partial charge in [-0.15, -0.1) is 0 Å². The predicted molar refractivity (Wildman–Crippen MR) is 23.1 cm³/mol. The quantitative estimate of drug-likeness (QED) is 0.222. The molecule has 5 heavy (non-hydrogen) atoms. The van der Waals surface area contributed by atoms with Crippen molar-refractivity contribution in [2.45, 2.75) is 0 Å². The standard InChI is InChI=1S/H6O3Si2/c4-2-1-3-5/h4-5H3. The molecule has 32 valence electrons. The molecule has 0 fully saturated rings. The van der Waals surface area contributed by atoms with Crippen molar-refractivity contribution < 1.29 is 14.2 Å². The molecule has 0 bridgehead atoms. The summed E-state index contributed by atoms with van der Waals surface area (Å²) < 4.78 is 8.28. The topological polar surface area (TPSA) is 27.7 Å². The van der Waals surface area contributed by atoms with Gasteiger partial charge in [-0.05, 0) is 0 Å². The Kier molecular flexibility index (Phi) is 4.58. The van der Waals surface area contributed by atoms with Gasteiger partial charge in [0, 0.05) is 0 Å². The molecule has 0 aliphatic carbocycles. The van der Waals surface area contributed by atoms with E-state index >= 15 is 0 Å². The maximum atomic E-state index is 4.14. The van der Waals surface area contributed by atoms with E-state index < -0.39 is 0 Å². The van der Waals surface area contributed by atoms with Gasteiger partial charge in [0.15, 0.2) is 21.0 Å². The lowest BCUT2D eigenvalue weighted by molar-refractivity contribution is -0.412. The highest BCUT2D eigenvalue weighted by atomic mass is 28.2. The van der Waals surface area contributed by atoms with Crippen molar-refractivity contribution in [3.8, 4) is 0 Å². The molecule has 3 nitrogen and oxygen atoms in total. The lowest BCUT2D eigenvalue weighted by Crippen LogP contribution is -1.86. The molecule has 0 spiro atoms. The first kappa shape index (κ1) is 5.31. The molecule has 0 aliphatic rings. The van der Waals surface area contributed by atoms with Gasteiger partial charge in [0.2, 0.25) is 0 Å². The van der Waals surface area contributed by atoms with Crippen LogP contribution in [0.15, 0.2) is 0 Å². The molecule has 0 heterocycles. The van der Waals surface area contributed by atoms with E-state index in [0.717, 1.165) is 0 Å². The summed E-state index contributed by atoms with van der Waals surface area (Å²) in [5.74, 6) is 0. The molecule has 5 heteroatoms. The maximum absolute atomic E-state index is 4.14. The van der Waals surface area contributed by atoms with E-state index in [9.17, 15) is 0 Å². The van der Waals surface area contributed by atoms with Crippen LogP contribution in [0, 0.1) is 0 Å². The van der Waals surface area contributed by atoms with E-state index in [2.05, 4.69) is 14.2 Å². The minimum atomic E-state index is 0.574. The minimum absolute atomic E-state index is 0.574. The summed E-state index contributed by atoms with van der Waals surface area (Å²) in [6.07, 6.45) is 0. The fourth-order valence-corrected chi connectivity index (χ4v) is 0.612. The van der Waals surface area contributed by atoms with Crippen LogP contribution in [0.25, 0.3) is 0 Å². The Bertz CT molecular complexity index is 12.4. The smallest absolute Gasteiger partial charge is 0.197 e. The predicted octanol–water partition coefficient (Wildman–Crippen LogP) is -2.57. The highest BCUT2D eigenvalue weighted by Gasteiger charge is 1.61. The van der Waals surface area contributed by atoms with Crippen LogP contribution in [-0.4, -0.2) is 21.0 Å². The molecular weight excluding hydrogens is 104 g/mol. The summed E-state index contributed by atoms with van der Waals surface area (Å²) in [4.78, 5) is 0. The SMILES string of the molecule is [SiH3]OOO[SiH3]. The van der Waals surface area contributed by atoms with E-state index in [1.54, 1.807) is 0 Å². The monoisotopic (exact) mass is 110 g/mol. The number of rotatable bonds is 2. The average molecular weight is 110 g/mol. The highest BCUT2D eigenvalue weighted by Crippen LogP contribution is 1.62. The summed E-state index contributed by atoms with van der Waals surface area (Å²) in [6, 6.07) is 0. The van der Waals surface area contributed by atoms with E-state index in [1.165, 1.54) is 0 Å². The minimum Gasteiger partial charge on any atom is -0.270 e. The Balaban J connectivity index is 2.19. The van der Waals surface area contributed by atoms with Crippen LogP contribution in [0.5, 0.6) is 0 Å². The third-order valence-electron chi connectivity index (χ3n) is 0.136. The van der Waals surface area contributed by atoms with Crippen LogP contribution in [0.1, 0.15) is 0 Å². The third-order valence-corrected chi connectivity index (χ3v) is 0.408. The first-order valence-corrected chi connectivity index (χ1v) is 2.78. The Morgan fingerprint density at radius 1 is 1.00 bits per heavy atom. The van der Waals surface area contributed by atoms with Crippen LogP contribution in [-0.2, 0) is 14.2 Å². The first-order valence-electron chi connectivity index (χ1n) is 1.15. The van der Waals surface area contributed by atoms with E-state index in [-0.39, 0.29) is 0 Å². The van der Waals surface area contributed by atoms with Gasteiger partial charge in [-0.25, -0.2) is 0 Å². The molecule has 0 N–H and O–H groups in total. The second kappa shape index (κ2) is 4.31. The van der Waals surface area contributed by atoms with Crippen molar-refractivity contribution in [3.05, 3.63) is 0 Å². The van der Waals surface area contributed by atoms with E-state index in [0.29, 0.717) is 21.0 Å². The van der Waals surface area contributed by atoms with Gasteiger partial charge in [-0.3, -0.25) is 9.15 Å². The molecule has 0 rings (SSSR count). The molecule has 0 aromatic heterocycles. The summed E-state index contributed by atoms with van der Waals surface area (Å²) >= 11 is 0. The van der Waals surface area contributed by atoms with Gasteiger partial charge in [0.25, 0.3) is 0 Å². The molecule has 0 amide bonds. The fourth-order valence-electron chi connectivity index (χ4n) is 0.0680. The lowest BCUT2D eigenvalue weighted by Gasteiger charge is -1.87. The van der Waals surface area contributed by atoms with Gasteiger partial charge >= 0.3 is 0 Å². The van der Waals surface area contributed by atoms with E-state index in [1.807, 2.05) is 0 Å². The highest BCUT2D eigenvalue weighted by molar-refractivity contribution is 5.98. The summed E-state index contributed by atoms with van der Waals surface area (Å²) in [5, 5.41) is 3.96. The molecule has 0 radical (unpaired) electrons. The van der Waals surface area contributed by atoms with Crippen LogP contribution in [0.2, 0.25) is 0 Å². The zero-order valence-corrected chi connectivity index (χ0v) is 7.22. The molecule has 0 saturated carbocycles. The second-order valence-electron chi connectivity index (χ2n) is 0.401. The molecule has 0 aromatic rings. The van der Waals surface area contributed by atoms with Gasteiger partial charge in [-0.2, -0.15) is 0 Å². The van der Waals surface area contributed by atoms with Crippen molar-refractivity contribution in [2.75, 3.05) is 0 Å². The zero-order valence-electron chi connectivity index (χ0n) is 3.22. The van der Waals surface area contributed by atoms with Crippen molar-refractivity contribution in [3.63, 3.8) is 0 Å². The van der Waals surface area contributed by atoms with Gasteiger partial charge in [0.1, 0.15) is 0 Å². The van der Waals surface area contributed by atoms with Gasteiger partial charge < -0.3 is 0 Å². The maximum Gasteiger partial charge on any atom is 0.197 e. The van der Waals surface area contributed by atoms with Crippen LogP contribution >= 0.6 is 0 Å². The zero-order chi connectivity index (χ0) is 4.12. The second-order valence-corrected chi connectivity index (χ2v) is 1.07. The summed E-state index contributed by atoms with van der Waals surface area (Å²) in [6.45, 7) is 0. The third kappa shape index (κ3) is 4.31. The van der Waals surface area contributed by atoms with Crippen LogP contribution in [0.4, 0.5) is 0 Å². The molecule has 0 saturated heterocycles. The summed E-state index contributed by atoms with van der Waals surface area (Å²) in [5.41, 5.74) is 0. The van der Waals surface area contributed by atoms with E-state index in [4.69, 9.17) is 0 Å². The van der Waals surface area contributed by atoms with Crippen LogP contribution in [0.3, 0.4) is 0 Å².